The number of hydrogen-bond acceptors (Lipinski definition) is 4. The molecule has 0 spiro atoms. The van der Waals surface area contributed by atoms with Crippen LogP contribution < -0.4 is 0 Å². The predicted molar refractivity (Wildman–Crippen MR) is 175 cm³/mol. The van der Waals surface area contributed by atoms with Gasteiger partial charge in [-0.2, -0.15) is 0 Å². The molecule has 6 heteroatoms. The molecule has 1 atom stereocenters. The minimum atomic E-state index is -3.89. The summed E-state index contributed by atoms with van der Waals surface area (Å²) < 4.78 is 22.4. The van der Waals surface area contributed by atoms with Crippen molar-refractivity contribution in [3.05, 3.63) is 0 Å². The van der Waals surface area contributed by atoms with E-state index >= 15 is 0 Å². The molecule has 242 valence electrons. The van der Waals surface area contributed by atoms with Gasteiger partial charge in [-0.25, -0.2) is 4.57 Å². The SMILES string of the molecule is CCCCCCCCCCCN(CCCCCCCCCCC)CCCCCOP(=O)(O)OCCCCCCC. The molecular weight excluding hydrogens is 517 g/mol. The summed E-state index contributed by atoms with van der Waals surface area (Å²) in [5.41, 5.74) is 0. The lowest BCUT2D eigenvalue weighted by Crippen LogP contribution is -2.27. The monoisotopic (exact) mass is 590 g/mol. The van der Waals surface area contributed by atoms with Gasteiger partial charge < -0.3 is 9.79 Å². The summed E-state index contributed by atoms with van der Waals surface area (Å²) in [6.45, 7) is 11.0. The fourth-order valence-electron chi connectivity index (χ4n) is 5.34. The lowest BCUT2D eigenvalue weighted by atomic mass is 10.1. The normalized spacial score (nSPS) is 13.3. The molecule has 0 bridgehead atoms. The van der Waals surface area contributed by atoms with Gasteiger partial charge in [0.2, 0.25) is 0 Å². The first-order valence-corrected chi connectivity index (χ1v) is 19.4. The van der Waals surface area contributed by atoms with Gasteiger partial charge in [-0.1, -0.05) is 149 Å². The van der Waals surface area contributed by atoms with E-state index in [4.69, 9.17) is 9.05 Å². The minimum absolute atomic E-state index is 0.306. The van der Waals surface area contributed by atoms with Crippen LogP contribution in [0.15, 0.2) is 0 Å². The number of phosphoric acid groups is 1. The van der Waals surface area contributed by atoms with Crippen LogP contribution in [0, 0.1) is 0 Å². The first kappa shape index (κ1) is 40.1. The van der Waals surface area contributed by atoms with Crippen molar-refractivity contribution in [3.63, 3.8) is 0 Å². The summed E-state index contributed by atoms with van der Waals surface area (Å²) in [7, 11) is -3.89. The van der Waals surface area contributed by atoms with E-state index in [1.54, 1.807) is 0 Å². The van der Waals surface area contributed by atoms with Crippen LogP contribution in [-0.4, -0.2) is 42.6 Å². The molecule has 0 aromatic carbocycles. The maximum absolute atomic E-state index is 12.1. The highest BCUT2D eigenvalue weighted by molar-refractivity contribution is 7.47. The maximum Gasteiger partial charge on any atom is 0.472 e. The van der Waals surface area contributed by atoms with Crippen molar-refractivity contribution in [1.82, 2.24) is 4.90 Å². The van der Waals surface area contributed by atoms with Crippen LogP contribution >= 0.6 is 7.82 Å². The van der Waals surface area contributed by atoms with Gasteiger partial charge in [0.25, 0.3) is 0 Å². The molecule has 0 radical (unpaired) electrons. The van der Waals surface area contributed by atoms with Crippen LogP contribution in [0.2, 0.25) is 0 Å². The van der Waals surface area contributed by atoms with Gasteiger partial charge in [0.05, 0.1) is 13.2 Å². The first-order chi connectivity index (χ1) is 19.6. The second-order valence-electron chi connectivity index (χ2n) is 12.1. The van der Waals surface area contributed by atoms with Gasteiger partial charge in [0.1, 0.15) is 0 Å². The highest BCUT2D eigenvalue weighted by Gasteiger charge is 2.20. The average Bonchev–Trinajstić information content (AvgIpc) is 2.94. The van der Waals surface area contributed by atoms with E-state index in [0.29, 0.717) is 13.2 Å². The molecule has 0 fully saturated rings. The van der Waals surface area contributed by atoms with Crippen molar-refractivity contribution < 1.29 is 18.5 Å². The largest absolute Gasteiger partial charge is 0.472 e. The zero-order chi connectivity index (χ0) is 29.4. The van der Waals surface area contributed by atoms with E-state index in [1.807, 2.05) is 0 Å². The van der Waals surface area contributed by atoms with Crippen molar-refractivity contribution in [2.45, 2.75) is 188 Å². The lowest BCUT2D eigenvalue weighted by molar-refractivity contribution is 0.144. The zero-order valence-electron chi connectivity index (χ0n) is 27.5. The highest BCUT2D eigenvalue weighted by Crippen LogP contribution is 2.43. The summed E-state index contributed by atoms with van der Waals surface area (Å²) in [4.78, 5) is 12.6. The third-order valence-electron chi connectivity index (χ3n) is 8.03. The number of unbranched alkanes of at least 4 members (excludes halogenated alkanes) is 22. The Morgan fingerprint density at radius 1 is 0.425 bits per heavy atom. The fraction of sp³-hybridized carbons (Fsp3) is 1.00. The molecule has 1 unspecified atom stereocenters. The molecule has 5 nitrogen and oxygen atoms in total. The van der Waals surface area contributed by atoms with Crippen molar-refractivity contribution in [2.75, 3.05) is 32.8 Å². The zero-order valence-corrected chi connectivity index (χ0v) is 28.4. The number of nitrogens with zero attached hydrogens (tertiary/aromatic N) is 1. The Bertz CT molecular complexity index is 512. The molecule has 40 heavy (non-hydrogen) atoms. The molecule has 0 aliphatic heterocycles. The van der Waals surface area contributed by atoms with E-state index in [1.165, 1.54) is 142 Å². The van der Waals surface area contributed by atoms with Crippen molar-refractivity contribution in [1.29, 1.82) is 0 Å². The highest BCUT2D eigenvalue weighted by atomic mass is 31.2. The second-order valence-corrected chi connectivity index (χ2v) is 13.6. The Kier molecular flexibility index (Phi) is 32.0. The van der Waals surface area contributed by atoms with E-state index in [-0.39, 0.29) is 0 Å². The van der Waals surface area contributed by atoms with Gasteiger partial charge in [-0.15, -0.1) is 0 Å². The molecule has 0 aromatic rings. The fourth-order valence-corrected chi connectivity index (χ4v) is 6.14. The van der Waals surface area contributed by atoms with Crippen LogP contribution in [0.4, 0.5) is 0 Å². The van der Waals surface area contributed by atoms with Crippen LogP contribution in [0.5, 0.6) is 0 Å². The number of rotatable bonds is 34. The second kappa shape index (κ2) is 32.0. The third kappa shape index (κ3) is 31.0. The van der Waals surface area contributed by atoms with E-state index in [2.05, 4.69) is 25.7 Å². The molecule has 0 rings (SSSR count). The van der Waals surface area contributed by atoms with E-state index in [9.17, 15) is 9.46 Å². The van der Waals surface area contributed by atoms with Gasteiger partial charge in [-0.3, -0.25) is 9.05 Å². The Hall–Kier alpha value is 0.0700. The average molecular weight is 590 g/mol. The van der Waals surface area contributed by atoms with Gasteiger partial charge in [-0.05, 0) is 58.2 Å². The predicted octanol–water partition coefficient (Wildman–Crippen LogP) is 11.6. The van der Waals surface area contributed by atoms with E-state index < -0.39 is 7.82 Å². The molecule has 0 aromatic heterocycles. The van der Waals surface area contributed by atoms with Crippen LogP contribution in [0.25, 0.3) is 0 Å². The summed E-state index contributed by atoms with van der Waals surface area (Å²) in [5.74, 6) is 0. The van der Waals surface area contributed by atoms with E-state index in [0.717, 1.165) is 45.1 Å². The first-order valence-electron chi connectivity index (χ1n) is 17.9. The smallest absolute Gasteiger partial charge is 0.303 e. The molecule has 0 aliphatic rings. The Morgan fingerprint density at radius 2 is 0.675 bits per heavy atom. The van der Waals surface area contributed by atoms with Gasteiger partial charge in [0.15, 0.2) is 0 Å². The quantitative estimate of drug-likeness (QED) is 0.0597. The molecule has 0 aliphatic carbocycles. The standard InChI is InChI=1S/C34H72NO4P/c1-4-7-10-13-15-17-19-21-25-30-35(31-26-22-20-18-16-14-11-8-5-2)32-27-24-29-34-39-40(36,37)38-33-28-23-12-9-6-3/h4-34H2,1-3H3,(H,36,37). The van der Waals surface area contributed by atoms with Gasteiger partial charge >= 0.3 is 7.82 Å². The molecule has 0 saturated carbocycles. The van der Waals surface area contributed by atoms with Gasteiger partial charge in [0, 0.05) is 0 Å². The summed E-state index contributed by atoms with van der Waals surface area (Å²) in [6.07, 6.45) is 33.3. The molecule has 0 heterocycles. The lowest BCUT2D eigenvalue weighted by Gasteiger charge is -2.22. The number of hydrogen-bond donors (Lipinski definition) is 1. The van der Waals surface area contributed by atoms with Crippen LogP contribution in [0.1, 0.15) is 188 Å². The number of phosphoric ester groups is 1. The molecule has 0 saturated heterocycles. The Balaban J connectivity index is 4.06. The van der Waals surface area contributed by atoms with Crippen LogP contribution in [-0.2, 0) is 13.6 Å². The summed E-state index contributed by atoms with van der Waals surface area (Å²) in [5, 5.41) is 0. The maximum atomic E-state index is 12.1. The van der Waals surface area contributed by atoms with Crippen molar-refractivity contribution in [2.24, 2.45) is 0 Å². The molecule has 1 N–H and O–H groups in total. The van der Waals surface area contributed by atoms with Crippen LogP contribution in [0.3, 0.4) is 0 Å². The molecule has 0 amide bonds. The summed E-state index contributed by atoms with van der Waals surface area (Å²) in [6, 6.07) is 0. The Morgan fingerprint density at radius 3 is 1.00 bits per heavy atom. The minimum Gasteiger partial charge on any atom is -0.303 e. The van der Waals surface area contributed by atoms with Crippen molar-refractivity contribution in [3.8, 4) is 0 Å². The topological polar surface area (TPSA) is 59.0 Å². The Labute approximate surface area is 251 Å². The van der Waals surface area contributed by atoms with Crippen molar-refractivity contribution >= 4 is 7.82 Å². The summed E-state index contributed by atoms with van der Waals surface area (Å²) >= 11 is 0. The molecular formula is C34H72NO4P. The third-order valence-corrected chi connectivity index (χ3v) is 9.05.